The number of nitrogens with two attached hydrogens (primary N) is 2. The Morgan fingerprint density at radius 3 is 2.06 bits per heavy atom. The minimum atomic E-state index is -1.29. The third-order valence-corrected chi connectivity index (χ3v) is 3.24. The highest BCUT2D eigenvalue weighted by molar-refractivity contribution is 5.91. The van der Waals surface area contributed by atoms with Crippen molar-refractivity contribution in [2.75, 3.05) is 0 Å². The van der Waals surface area contributed by atoms with Crippen LogP contribution >= 0.6 is 0 Å². The van der Waals surface area contributed by atoms with E-state index in [0.717, 1.165) is 12.8 Å². The zero-order valence-corrected chi connectivity index (χ0v) is 11.1. The maximum atomic E-state index is 12.0. The molecule has 0 aromatic rings. The van der Waals surface area contributed by atoms with Gasteiger partial charge in [0, 0.05) is 0 Å². The van der Waals surface area contributed by atoms with Gasteiger partial charge in [-0.25, -0.2) is 0 Å². The Labute approximate surface area is 98.7 Å². The van der Waals surface area contributed by atoms with Gasteiger partial charge in [-0.05, 0) is 26.2 Å². The largest absolute Gasteiger partial charge is 0.368 e. The Hall–Kier alpha value is -0.450. The fourth-order valence-corrected chi connectivity index (χ4v) is 1.44. The predicted octanol–water partition coefficient (Wildman–Crippen LogP) is 1.42. The molecule has 0 saturated carbocycles. The summed E-state index contributed by atoms with van der Waals surface area (Å²) in [5.74, 6) is -0.273. The molecule has 3 unspecified atom stereocenters. The smallest absolute Gasteiger partial charge is 0.195 e. The first kappa shape index (κ1) is 15.6. The average molecular weight is 230 g/mol. The number of hydrogen-bond acceptors (Lipinski definition) is 4. The van der Waals surface area contributed by atoms with Crippen LogP contribution in [0.3, 0.4) is 0 Å². The molecule has 0 bridgehead atoms. The van der Waals surface area contributed by atoms with E-state index in [9.17, 15) is 4.79 Å². The molecule has 4 heteroatoms. The number of ketones is 1. The standard InChI is InChI=1S/C12H26N2O2/c1-6-8(3)12(13,14)11(15)10(5)16-9(4)7-2/h8-10H,6-7,13-14H2,1-5H3. The lowest BCUT2D eigenvalue weighted by molar-refractivity contribution is -0.139. The van der Waals surface area contributed by atoms with Crippen molar-refractivity contribution in [1.29, 1.82) is 0 Å². The van der Waals surface area contributed by atoms with E-state index in [1.54, 1.807) is 6.92 Å². The molecule has 0 saturated heterocycles. The Morgan fingerprint density at radius 1 is 1.19 bits per heavy atom. The molecule has 3 atom stereocenters. The molecule has 0 aliphatic rings. The molecule has 0 spiro atoms. The molecule has 0 amide bonds. The Balaban J connectivity index is 4.53. The summed E-state index contributed by atoms with van der Waals surface area (Å²) < 4.78 is 5.53. The molecule has 0 aromatic carbocycles. The molecule has 0 radical (unpaired) electrons. The number of ether oxygens (including phenoxy) is 1. The molecule has 4 N–H and O–H groups in total. The topological polar surface area (TPSA) is 78.3 Å². The van der Waals surface area contributed by atoms with Crippen molar-refractivity contribution in [1.82, 2.24) is 0 Å². The van der Waals surface area contributed by atoms with Crippen LogP contribution in [0, 0.1) is 5.92 Å². The molecular weight excluding hydrogens is 204 g/mol. The quantitative estimate of drug-likeness (QED) is 0.648. The van der Waals surface area contributed by atoms with E-state index in [1.807, 2.05) is 27.7 Å². The van der Waals surface area contributed by atoms with Crippen LogP contribution < -0.4 is 11.5 Å². The van der Waals surface area contributed by atoms with Crippen LogP contribution in [0.5, 0.6) is 0 Å². The van der Waals surface area contributed by atoms with E-state index in [4.69, 9.17) is 16.2 Å². The lowest BCUT2D eigenvalue weighted by Crippen LogP contribution is -2.64. The summed E-state index contributed by atoms with van der Waals surface area (Å²) in [6.07, 6.45) is 1.14. The van der Waals surface area contributed by atoms with E-state index < -0.39 is 11.8 Å². The normalized spacial score (nSPS) is 17.9. The summed E-state index contributed by atoms with van der Waals surface area (Å²) in [4.78, 5) is 12.0. The van der Waals surface area contributed by atoms with Gasteiger partial charge in [0.15, 0.2) is 5.78 Å². The Kier molecular flexibility index (Phi) is 6.15. The minimum absolute atomic E-state index is 0.0479. The molecule has 0 heterocycles. The summed E-state index contributed by atoms with van der Waals surface area (Å²) >= 11 is 0. The second-order valence-corrected chi connectivity index (χ2v) is 4.60. The van der Waals surface area contributed by atoms with Crippen LogP contribution in [-0.2, 0) is 9.53 Å². The molecule has 96 valence electrons. The molecule has 16 heavy (non-hydrogen) atoms. The fourth-order valence-electron chi connectivity index (χ4n) is 1.44. The highest BCUT2D eigenvalue weighted by Crippen LogP contribution is 2.17. The van der Waals surface area contributed by atoms with Crippen LogP contribution in [0.1, 0.15) is 47.5 Å². The fraction of sp³-hybridized carbons (Fsp3) is 0.917. The summed E-state index contributed by atoms with van der Waals surface area (Å²) in [6, 6.07) is 0. The van der Waals surface area contributed by atoms with Gasteiger partial charge >= 0.3 is 0 Å². The van der Waals surface area contributed by atoms with Crippen LogP contribution in [0.15, 0.2) is 0 Å². The lowest BCUT2D eigenvalue weighted by Gasteiger charge is -2.32. The monoisotopic (exact) mass is 230 g/mol. The third-order valence-electron chi connectivity index (χ3n) is 3.24. The van der Waals surface area contributed by atoms with Gasteiger partial charge < -0.3 is 16.2 Å². The van der Waals surface area contributed by atoms with Gasteiger partial charge in [0.05, 0.1) is 6.10 Å². The van der Waals surface area contributed by atoms with Gasteiger partial charge in [0.2, 0.25) is 0 Å². The van der Waals surface area contributed by atoms with Gasteiger partial charge in [0.25, 0.3) is 0 Å². The second kappa shape index (κ2) is 6.33. The Bertz CT molecular complexity index is 229. The zero-order chi connectivity index (χ0) is 12.9. The van der Waals surface area contributed by atoms with Crippen molar-refractivity contribution in [3.8, 4) is 0 Å². The first-order valence-corrected chi connectivity index (χ1v) is 6.04. The predicted molar refractivity (Wildman–Crippen MR) is 65.9 cm³/mol. The van der Waals surface area contributed by atoms with E-state index in [2.05, 4.69) is 0 Å². The SMILES string of the molecule is CCC(C)OC(C)C(=O)C(N)(N)C(C)CC. The number of hydrogen-bond donors (Lipinski definition) is 2. The first-order valence-electron chi connectivity index (χ1n) is 6.04. The molecule has 0 rings (SSSR count). The minimum Gasteiger partial charge on any atom is -0.368 e. The highest BCUT2D eigenvalue weighted by atomic mass is 16.5. The van der Waals surface area contributed by atoms with Crippen molar-refractivity contribution in [3.63, 3.8) is 0 Å². The van der Waals surface area contributed by atoms with Gasteiger partial charge in [-0.1, -0.05) is 27.2 Å². The zero-order valence-electron chi connectivity index (χ0n) is 11.1. The summed E-state index contributed by atoms with van der Waals surface area (Å²) in [5.41, 5.74) is 10.5. The number of Topliss-reactive ketones (excluding diaryl/α,β-unsaturated/α-hetero) is 1. The molecule has 0 aliphatic heterocycles. The molecule has 0 aliphatic carbocycles. The van der Waals surface area contributed by atoms with Gasteiger partial charge in [-0.3, -0.25) is 4.79 Å². The van der Waals surface area contributed by atoms with Crippen LogP contribution in [0.2, 0.25) is 0 Å². The summed E-state index contributed by atoms with van der Waals surface area (Å²) in [6.45, 7) is 9.50. The van der Waals surface area contributed by atoms with E-state index >= 15 is 0 Å². The summed E-state index contributed by atoms with van der Waals surface area (Å²) in [5, 5.41) is 0. The Morgan fingerprint density at radius 2 is 1.69 bits per heavy atom. The van der Waals surface area contributed by atoms with Gasteiger partial charge in [0.1, 0.15) is 11.8 Å². The summed E-state index contributed by atoms with van der Waals surface area (Å²) in [7, 11) is 0. The van der Waals surface area contributed by atoms with Crippen LogP contribution in [0.25, 0.3) is 0 Å². The lowest BCUT2D eigenvalue weighted by atomic mass is 9.87. The molecular formula is C12H26N2O2. The molecule has 4 nitrogen and oxygen atoms in total. The number of rotatable bonds is 7. The van der Waals surface area contributed by atoms with Crippen LogP contribution in [-0.4, -0.2) is 23.7 Å². The molecule has 0 fully saturated rings. The van der Waals surface area contributed by atoms with Crippen molar-refractivity contribution in [3.05, 3.63) is 0 Å². The van der Waals surface area contributed by atoms with Crippen molar-refractivity contribution < 1.29 is 9.53 Å². The van der Waals surface area contributed by atoms with E-state index in [-0.39, 0.29) is 17.8 Å². The van der Waals surface area contributed by atoms with Crippen molar-refractivity contribution in [2.24, 2.45) is 17.4 Å². The molecule has 0 aromatic heterocycles. The maximum Gasteiger partial charge on any atom is 0.195 e. The van der Waals surface area contributed by atoms with Gasteiger partial charge in [-0.2, -0.15) is 0 Å². The maximum absolute atomic E-state index is 12.0. The third kappa shape index (κ3) is 3.85. The number of carbonyl (C=O) groups is 1. The van der Waals surface area contributed by atoms with Crippen molar-refractivity contribution in [2.45, 2.75) is 65.3 Å². The highest BCUT2D eigenvalue weighted by Gasteiger charge is 2.38. The number of carbonyl (C=O) groups excluding carboxylic acids is 1. The van der Waals surface area contributed by atoms with Crippen molar-refractivity contribution >= 4 is 5.78 Å². The first-order chi connectivity index (χ1) is 7.27. The van der Waals surface area contributed by atoms with E-state index in [1.165, 1.54) is 0 Å². The van der Waals surface area contributed by atoms with Gasteiger partial charge in [-0.15, -0.1) is 0 Å². The second-order valence-electron chi connectivity index (χ2n) is 4.60. The van der Waals surface area contributed by atoms with E-state index in [0.29, 0.717) is 0 Å². The average Bonchev–Trinajstić information content (AvgIpc) is 2.26. The van der Waals surface area contributed by atoms with Crippen LogP contribution in [0.4, 0.5) is 0 Å².